The Bertz CT molecular complexity index is 821. The number of aliphatic hydroxyl groups is 1. The molecule has 0 radical (unpaired) electrons. The van der Waals surface area contributed by atoms with Crippen LogP contribution in [-0.4, -0.2) is 34.1 Å². The highest BCUT2D eigenvalue weighted by Crippen LogP contribution is 2.21. The molecule has 0 unspecified atom stereocenters. The number of thiazole rings is 1. The molecule has 30 heavy (non-hydrogen) atoms. The molecule has 0 spiro atoms. The van der Waals surface area contributed by atoms with Crippen molar-refractivity contribution in [1.29, 1.82) is 0 Å². The number of Topliss-reactive ketones (excluding diaryl/α,β-unsaturated/α-hetero) is 1. The Kier molecular flexibility index (Phi) is 9.66. The molecule has 0 saturated heterocycles. The average molecular weight is 432 g/mol. The second-order valence-corrected chi connectivity index (χ2v) is 9.18. The second-order valence-electron chi connectivity index (χ2n) is 8.12. The van der Waals surface area contributed by atoms with Crippen LogP contribution in [0.1, 0.15) is 70.0 Å². The zero-order valence-corrected chi connectivity index (χ0v) is 19.2. The van der Waals surface area contributed by atoms with Crippen molar-refractivity contribution in [3.8, 4) is 0 Å². The van der Waals surface area contributed by atoms with Gasteiger partial charge in [-0.15, -0.1) is 11.3 Å². The van der Waals surface area contributed by atoms with Crippen LogP contribution >= 0.6 is 11.3 Å². The van der Waals surface area contributed by atoms with Crippen molar-refractivity contribution in [2.24, 2.45) is 5.92 Å². The molecule has 1 aliphatic heterocycles. The minimum atomic E-state index is -0.674. The summed E-state index contributed by atoms with van der Waals surface area (Å²) in [6.45, 7) is 7.77. The van der Waals surface area contributed by atoms with Gasteiger partial charge in [0.2, 0.25) is 0 Å². The van der Waals surface area contributed by atoms with E-state index in [1.54, 1.807) is 18.3 Å². The van der Waals surface area contributed by atoms with E-state index in [-0.39, 0.29) is 36.6 Å². The number of aromatic nitrogens is 1. The minimum absolute atomic E-state index is 0.0154. The number of nitrogens with zero attached hydrogens (tertiary/aromatic N) is 1. The zero-order chi connectivity index (χ0) is 22.1. The van der Waals surface area contributed by atoms with E-state index in [0.717, 1.165) is 28.3 Å². The number of aryl methyl sites for hydroxylation is 1. The summed E-state index contributed by atoms with van der Waals surface area (Å²) in [4.78, 5) is 29.3. The molecular formula is C24H33NO4S. The van der Waals surface area contributed by atoms with Crippen LogP contribution < -0.4 is 0 Å². The highest BCUT2D eigenvalue weighted by molar-refractivity contribution is 7.09. The van der Waals surface area contributed by atoms with Gasteiger partial charge in [-0.05, 0) is 51.7 Å². The number of allylic oxidation sites excluding steroid dienone is 2. The third kappa shape index (κ3) is 8.36. The van der Waals surface area contributed by atoms with Crippen molar-refractivity contribution in [2.75, 3.05) is 0 Å². The van der Waals surface area contributed by atoms with E-state index in [1.165, 1.54) is 0 Å². The molecule has 164 valence electrons. The standard InChI is InChI=1S/C24H33NO4S/c1-16-7-5-6-8-21(26)14-22(27)17(2)10-12-24(28)29-23(11-9-16)18(3)13-20-15-30-19(4)25-20/h5-6,9,13,15,17,21,23,26H,7-8,10-12,14H2,1-4H3/b6-5-,16-9-,18-13+/t17-,21-,23-/m0/s1. The van der Waals surface area contributed by atoms with Crippen molar-refractivity contribution >= 4 is 29.2 Å². The van der Waals surface area contributed by atoms with E-state index < -0.39 is 6.10 Å². The molecule has 6 heteroatoms. The van der Waals surface area contributed by atoms with Crippen molar-refractivity contribution in [3.05, 3.63) is 45.5 Å². The molecule has 3 atom stereocenters. The molecule has 1 aromatic rings. The van der Waals surface area contributed by atoms with Crippen LogP contribution in [0.2, 0.25) is 0 Å². The van der Waals surface area contributed by atoms with Gasteiger partial charge in [-0.2, -0.15) is 0 Å². The average Bonchev–Trinajstić information content (AvgIpc) is 3.10. The Morgan fingerprint density at radius 3 is 2.73 bits per heavy atom. The number of cyclic esters (lactones) is 1. The molecule has 2 rings (SSSR count). The fourth-order valence-corrected chi connectivity index (χ4v) is 3.81. The number of aliphatic hydroxyl groups excluding tert-OH is 1. The highest BCUT2D eigenvalue weighted by Gasteiger charge is 2.21. The quantitative estimate of drug-likeness (QED) is 0.515. The number of carbonyl (C=O) groups is 2. The van der Waals surface area contributed by atoms with E-state index in [0.29, 0.717) is 19.3 Å². The van der Waals surface area contributed by atoms with Gasteiger partial charge in [0, 0.05) is 30.6 Å². The third-order valence-corrected chi connectivity index (χ3v) is 6.05. The van der Waals surface area contributed by atoms with Crippen LogP contribution in [0.3, 0.4) is 0 Å². The summed E-state index contributed by atoms with van der Waals surface area (Å²) in [5, 5.41) is 13.0. The molecule has 1 N–H and O–H groups in total. The number of carbonyl (C=O) groups excluding carboxylic acids is 2. The molecule has 1 aliphatic rings. The van der Waals surface area contributed by atoms with Crippen LogP contribution in [0, 0.1) is 12.8 Å². The lowest BCUT2D eigenvalue weighted by Gasteiger charge is -2.19. The Labute approximate surface area is 183 Å². The van der Waals surface area contributed by atoms with E-state index in [4.69, 9.17) is 4.74 Å². The maximum absolute atomic E-state index is 12.5. The summed E-state index contributed by atoms with van der Waals surface area (Å²) in [5.74, 6) is -0.599. The molecule has 5 nitrogen and oxygen atoms in total. The Morgan fingerprint density at radius 2 is 2.03 bits per heavy atom. The lowest BCUT2D eigenvalue weighted by molar-refractivity contribution is -0.147. The molecule has 0 amide bonds. The predicted molar refractivity (Wildman–Crippen MR) is 121 cm³/mol. The summed E-state index contributed by atoms with van der Waals surface area (Å²) in [6, 6.07) is 0. The number of esters is 1. The largest absolute Gasteiger partial charge is 0.457 e. The zero-order valence-electron chi connectivity index (χ0n) is 18.4. The SMILES string of the molecule is C/C1=C/C[C@@H](/C(C)=C/c2csc(C)n2)OC(=O)CC[C@H](C)C(=O)C[C@@H](O)C/C=C\C1. The highest BCUT2D eigenvalue weighted by atomic mass is 32.1. The molecule has 0 fully saturated rings. The fraction of sp³-hybridized carbons (Fsp3) is 0.542. The smallest absolute Gasteiger partial charge is 0.306 e. The van der Waals surface area contributed by atoms with E-state index in [1.807, 2.05) is 44.4 Å². The topological polar surface area (TPSA) is 76.5 Å². The normalized spacial score (nSPS) is 28.5. The molecule has 0 bridgehead atoms. The Balaban J connectivity index is 2.19. The van der Waals surface area contributed by atoms with Crippen LogP contribution in [0.4, 0.5) is 0 Å². The lowest BCUT2D eigenvalue weighted by atomic mass is 9.95. The van der Waals surface area contributed by atoms with Gasteiger partial charge in [0.1, 0.15) is 11.9 Å². The number of ether oxygens (including phenoxy) is 1. The van der Waals surface area contributed by atoms with E-state index in [2.05, 4.69) is 11.1 Å². The van der Waals surface area contributed by atoms with Gasteiger partial charge in [-0.3, -0.25) is 9.59 Å². The summed E-state index contributed by atoms with van der Waals surface area (Å²) in [6.07, 6.45) is 9.51. The summed E-state index contributed by atoms with van der Waals surface area (Å²) in [5.41, 5.74) is 2.98. The molecule has 2 heterocycles. The first-order chi connectivity index (χ1) is 14.2. The maximum atomic E-state index is 12.5. The van der Waals surface area contributed by atoms with Crippen molar-refractivity contribution in [2.45, 2.75) is 78.4 Å². The first-order valence-electron chi connectivity index (χ1n) is 10.6. The second kappa shape index (κ2) is 12.0. The molecule has 1 aromatic heterocycles. The first-order valence-corrected chi connectivity index (χ1v) is 11.4. The van der Waals surface area contributed by atoms with Gasteiger partial charge in [-0.25, -0.2) is 4.98 Å². The van der Waals surface area contributed by atoms with Gasteiger partial charge in [-0.1, -0.05) is 30.7 Å². The van der Waals surface area contributed by atoms with Crippen molar-refractivity contribution < 1.29 is 19.4 Å². The van der Waals surface area contributed by atoms with E-state index >= 15 is 0 Å². The van der Waals surface area contributed by atoms with Crippen molar-refractivity contribution in [3.63, 3.8) is 0 Å². The van der Waals surface area contributed by atoms with E-state index in [9.17, 15) is 14.7 Å². The van der Waals surface area contributed by atoms with Crippen molar-refractivity contribution in [1.82, 2.24) is 4.98 Å². The summed E-state index contributed by atoms with van der Waals surface area (Å²) < 4.78 is 5.79. The Morgan fingerprint density at radius 1 is 1.27 bits per heavy atom. The predicted octanol–water partition coefficient (Wildman–Crippen LogP) is 5.19. The molecule has 0 saturated carbocycles. The van der Waals surface area contributed by atoms with Gasteiger partial charge in [0.15, 0.2) is 0 Å². The van der Waals surface area contributed by atoms with Gasteiger partial charge in [0.05, 0.1) is 16.8 Å². The number of rotatable bonds is 2. The number of hydrogen-bond acceptors (Lipinski definition) is 6. The fourth-order valence-electron chi connectivity index (χ4n) is 3.24. The van der Waals surface area contributed by atoms with Crippen LogP contribution in [-0.2, 0) is 14.3 Å². The number of hydrogen-bond donors (Lipinski definition) is 1. The molecular weight excluding hydrogens is 398 g/mol. The van der Waals surface area contributed by atoms with Gasteiger partial charge < -0.3 is 9.84 Å². The number of ketones is 1. The minimum Gasteiger partial charge on any atom is -0.457 e. The van der Waals surface area contributed by atoms with Crippen LogP contribution in [0.15, 0.2) is 34.8 Å². The van der Waals surface area contributed by atoms with Crippen LogP contribution in [0.25, 0.3) is 6.08 Å². The summed E-state index contributed by atoms with van der Waals surface area (Å²) in [7, 11) is 0. The maximum Gasteiger partial charge on any atom is 0.306 e. The summed E-state index contributed by atoms with van der Waals surface area (Å²) >= 11 is 1.59. The Hall–Kier alpha value is -2.05. The first kappa shape index (κ1) is 24.2. The van der Waals surface area contributed by atoms with Crippen LogP contribution in [0.5, 0.6) is 0 Å². The monoisotopic (exact) mass is 431 g/mol. The van der Waals surface area contributed by atoms with Gasteiger partial charge in [0.25, 0.3) is 0 Å². The lowest BCUT2D eigenvalue weighted by Crippen LogP contribution is -2.22. The third-order valence-electron chi connectivity index (χ3n) is 5.26. The molecule has 0 aromatic carbocycles. The molecule has 0 aliphatic carbocycles. The van der Waals surface area contributed by atoms with Gasteiger partial charge >= 0.3 is 5.97 Å².